The molecule has 0 radical (unpaired) electrons. The van der Waals surface area contributed by atoms with Gasteiger partial charge < -0.3 is 9.84 Å². The first-order valence-corrected chi connectivity index (χ1v) is 10.8. The summed E-state index contributed by atoms with van der Waals surface area (Å²) in [6.45, 7) is 2.26. The number of amides is 1. The van der Waals surface area contributed by atoms with Crippen LogP contribution in [-0.4, -0.2) is 26.0 Å². The fraction of sp³-hybridized carbons (Fsp3) is 0.200. The Morgan fingerprint density at radius 3 is 2.79 bits per heavy atom. The van der Waals surface area contributed by atoms with Gasteiger partial charge in [-0.25, -0.2) is 8.42 Å². The molecule has 0 bridgehead atoms. The molecule has 0 fully saturated rings. The molecule has 1 amide bonds. The number of aryl methyl sites for hydroxylation is 1. The molecule has 0 atom stereocenters. The Morgan fingerprint density at radius 1 is 1.24 bits per heavy atom. The molecule has 4 rings (SSSR count). The van der Waals surface area contributed by atoms with Crippen LogP contribution in [0.25, 0.3) is 0 Å². The number of carbonyl (C=O) groups excluding carboxylic acids is 1. The molecule has 0 saturated carbocycles. The van der Waals surface area contributed by atoms with Gasteiger partial charge in [-0.05, 0) is 43.2 Å². The predicted octanol–water partition coefficient (Wildman–Crippen LogP) is 3.32. The van der Waals surface area contributed by atoms with Crippen molar-refractivity contribution < 1.29 is 17.7 Å². The summed E-state index contributed by atoms with van der Waals surface area (Å²) in [5.74, 6) is 0.209. The average Bonchev–Trinajstić information content (AvgIpc) is 3.32. The van der Waals surface area contributed by atoms with Gasteiger partial charge in [0.15, 0.2) is 0 Å². The number of carbonyl (C=O) groups is 1. The van der Waals surface area contributed by atoms with E-state index in [1.807, 2.05) is 12.1 Å². The van der Waals surface area contributed by atoms with Crippen LogP contribution in [0.2, 0.25) is 5.02 Å². The third-order valence-electron chi connectivity index (χ3n) is 4.71. The summed E-state index contributed by atoms with van der Waals surface area (Å²) in [6, 6.07) is 13.3. The standard InChI is InChI=1S/C20H18ClN3O4S/c1-13-10-16(23-28-13)12-22-20(25)15-6-7-17(21)19(11-15)29(26,27)24-9-8-14-4-2-3-5-18(14)24/h2-7,10-11H,8-9,12H2,1H3,(H,22,25). The topological polar surface area (TPSA) is 92.5 Å². The number of fused-ring (bicyclic) bond motifs is 1. The summed E-state index contributed by atoms with van der Waals surface area (Å²) >= 11 is 6.21. The minimum Gasteiger partial charge on any atom is -0.361 e. The van der Waals surface area contributed by atoms with E-state index < -0.39 is 15.9 Å². The van der Waals surface area contributed by atoms with Crippen LogP contribution in [0.5, 0.6) is 0 Å². The Hall–Kier alpha value is -2.84. The Kier molecular flexibility index (Phi) is 5.06. The largest absolute Gasteiger partial charge is 0.361 e. The second-order valence-corrected chi connectivity index (χ2v) is 8.95. The van der Waals surface area contributed by atoms with Gasteiger partial charge in [-0.1, -0.05) is 35.0 Å². The molecule has 0 saturated heterocycles. The van der Waals surface area contributed by atoms with Crippen molar-refractivity contribution in [1.29, 1.82) is 0 Å². The number of anilines is 1. The van der Waals surface area contributed by atoms with Crippen LogP contribution in [-0.2, 0) is 23.0 Å². The van der Waals surface area contributed by atoms with Crippen LogP contribution in [0.3, 0.4) is 0 Å². The zero-order valence-electron chi connectivity index (χ0n) is 15.6. The van der Waals surface area contributed by atoms with Gasteiger partial charge in [-0.2, -0.15) is 0 Å². The Balaban J connectivity index is 1.60. The SMILES string of the molecule is Cc1cc(CNC(=O)c2ccc(Cl)c(S(=O)(=O)N3CCc4ccccc43)c2)no1. The first kappa shape index (κ1) is 19.5. The van der Waals surface area contributed by atoms with E-state index in [9.17, 15) is 13.2 Å². The molecule has 2 aromatic carbocycles. The minimum absolute atomic E-state index is 0.0676. The highest BCUT2D eigenvalue weighted by molar-refractivity contribution is 7.93. The zero-order chi connectivity index (χ0) is 20.6. The summed E-state index contributed by atoms with van der Waals surface area (Å²) in [6.07, 6.45) is 0.629. The van der Waals surface area contributed by atoms with Gasteiger partial charge >= 0.3 is 0 Å². The number of benzene rings is 2. The first-order chi connectivity index (χ1) is 13.9. The van der Waals surface area contributed by atoms with Crippen LogP contribution in [0.15, 0.2) is 57.9 Å². The van der Waals surface area contributed by atoms with Crippen molar-refractivity contribution in [3.8, 4) is 0 Å². The monoisotopic (exact) mass is 431 g/mol. The lowest BCUT2D eigenvalue weighted by Crippen LogP contribution is -2.30. The molecular weight excluding hydrogens is 414 g/mol. The maximum Gasteiger partial charge on any atom is 0.265 e. The van der Waals surface area contributed by atoms with E-state index in [2.05, 4.69) is 10.5 Å². The normalized spacial score (nSPS) is 13.4. The van der Waals surface area contributed by atoms with Crippen molar-refractivity contribution in [2.45, 2.75) is 24.8 Å². The number of nitrogens with one attached hydrogen (secondary N) is 1. The van der Waals surface area contributed by atoms with Gasteiger partial charge in [0.25, 0.3) is 15.9 Å². The number of para-hydroxylation sites is 1. The number of halogens is 1. The second-order valence-electron chi connectivity index (χ2n) is 6.71. The molecule has 2 heterocycles. The number of hydrogen-bond acceptors (Lipinski definition) is 5. The summed E-state index contributed by atoms with van der Waals surface area (Å²) in [5, 5.41) is 6.58. The quantitative estimate of drug-likeness (QED) is 0.669. The number of rotatable bonds is 5. The highest BCUT2D eigenvalue weighted by atomic mass is 35.5. The van der Waals surface area contributed by atoms with E-state index in [1.165, 1.54) is 22.5 Å². The van der Waals surface area contributed by atoms with Gasteiger partial charge in [0.05, 0.1) is 17.3 Å². The highest BCUT2D eigenvalue weighted by Gasteiger charge is 2.32. The lowest BCUT2D eigenvalue weighted by Gasteiger charge is -2.20. The van der Waals surface area contributed by atoms with Crippen LogP contribution >= 0.6 is 11.6 Å². The Labute approximate surface area is 173 Å². The predicted molar refractivity (Wildman–Crippen MR) is 109 cm³/mol. The maximum atomic E-state index is 13.3. The van der Waals surface area contributed by atoms with Crippen LogP contribution in [0.1, 0.15) is 27.4 Å². The fourth-order valence-electron chi connectivity index (χ4n) is 3.29. The Morgan fingerprint density at radius 2 is 2.03 bits per heavy atom. The maximum absolute atomic E-state index is 13.3. The summed E-state index contributed by atoms with van der Waals surface area (Å²) in [7, 11) is -3.91. The summed E-state index contributed by atoms with van der Waals surface area (Å²) < 4.78 is 32.8. The highest BCUT2D eigenvalue weighted by Crippen LogP contribution is 2.35. The van der Waals surface area contributed by atoms with Crippen molar-refractivity contribution in [2.24, 2.45) is 0 Å². The molecule has 7 nitrogen and oxygen atoms in total. The second kappa shape index (κ2) is 7.53. The Bertz CT molecular complexity index is 1190. The van der Waals surface area contributed by atoms with Crippen molar-refractivity contribution in [3.63, 3.8) is 0 Å². The van der Waals surface area contributed by atoms with Gasteiger partial charge in [-0.15, -0.1) is 0 Å². The molecule has 1 N–H and O–H groups in total. The molecule has 1 aliphatic rings. The van der Waals surface area contributed by atoms with Crippen molar-refractivity contribution in [1.82, 2.24) is 10.5 Å². The lowest BCUT2D eigenvalue weighted by molar-refractivity contribution is 0.0950. The molecule has 150 valence electrons. The lowest BCUT2D eigenvalue weighted by atomic mass is 10.2. The zero-order valence-corrected chi connectivity index (χ0v) is 17.1. The number of sulfonamides is 1. The van der Waals surface area contributed by atoms with Crippen LogP contribution in [0.4, 0.5) is 5.69 Å². The van der Waals surface area contributed by atoms with E-state index in [0.29, 0.717) is 30.1 Å². The van der Waals surface area contributed by atoms with Crippen molar-refractivity contribution in [2.75, 3.05) is 10.8 Å². The fourth-order valence-corrected chi connectivity index (χ4v) is 5.30. The van der Waals surface area contributed by atoms with E-state index in [1.54, 1.807) is 25.1 Å². The van der Waals surface area contributed by atoms with E-state index in [0.717, 1.165) is 5.56 Å². The number of aromatic nitrogens is 1. The molecule has 29 heavy (non-hydrogen) atoms. The van der Waals surface area contributed by atoms with E-state index >= 15 is 0 Å². The molecule has 1 aliphatic heterocycles. The molecule has 1 aromatic heterocycles. The van der Waals surface area contributed by atoms with Crippen molar-refractivity contribution in [3.05, 3.63) is 76.1 Å². The third-order valence-corrected chi connectivity index (χ3v) is 7.01. The van der Waals surface area contributed by atoms with Gasteiger partial charge in [-0.3, -0.25) is 9.10 Å². The van der Waals surface area contributed by atoms with E-state index in [-0.39, 0.29) is 22.0 Å². The van der Waals surface area contributed by atoms with Gasteiger partial charge in [0, 0.05) is 18.2 Å². The van der Waals surface area contributed by atoms with Gasteiger partial charge in [0.1, 0.15) is 16.3 Å². The van der Waals surface area contributed by atoms with Crippen LogP contribution in [0, 0.1) is 6.92 Å². The molecule has 0 spiro atoms. The smallest absolute Gasteiger partial charge is 0.265 e. The van der Waals surface area contributed by atoms with Gasteiger partial charge in [0.2, 0.25) is 0 Å². The van der Waals surface area contributed by atoms with Crippen molar-refractivity contribution >= 4 is 33.2 Å². The minimum atomic E-state index is -3.91. The number of hydrogen-bond donors (Lipinski definition) is 1. The van der Waals surface area contributed by atoms with E-state index in [4.69, 9.17) is 16.1 Å². The molecule has 3 aromatic rings. The first-order valence-electron chi connectivity index (χ1n) is 8.97. The summed E-state index contributed by atoms with van der Waals surface area (Å²) in [5.41, 5.74) is 2.37. The molecule has 9 heteroatoms. The summed E-state index contributed by atoms with van der Waals surface area (Å²) in [4.78, 5) is 12.4. The molecule has 0 aliphatic carbocycles. The average molecular weight is 432 g/mol. The molecule has 0 unspecified atom stereocenters. The third kappa shape index (κ3) is 3.73. The van der Waals surface area contributed by atoms with Crippen LogP contribution < -0.4 is 9.62 Å². The number of nitrogens with zero attached hydrogens (tertiary/aromatic N) is 2. The molecular formula is C20H18ClN3O4S.